The zero-order valence-electron chi connectivity index (χ0n) is 14.8. The van der Waals surface area contributed by atoms with E-state index in [4.69, 9.17) is 18.9 Å². The van der Waals surface area contributed by atoms with Crippen LogP contribution in [0, 0.1) is 0 Å². The average Bonchev–Trinajstić information content (AvgIpc) is 3.14. The van der Waals surface area contributed by atoms with Crippen LogP contribution in [0.4, 0.5) is 10.5 Å². The molecule has 2 aromatic carbocycles. The molecule has 8 nitrogen and oxygen atoms in total. The van der Waals surface area contributed by atoms with Crippen molar-refractivity contribution in [3.05, 3.63) is 48.0 Å². The zero-order valence-corrected chi connectivity index (χ0v) is 14.8. The second-order valence-electron chi connectivity index (χ2n) is 5.51. The Balaban J connectivity index is 1.46. The van der Waals surface area contributed by atoms with Crippen LogP contribution in [-0.4, -0.2) is 38.6 Å². The lowest BCUT2D eigenvalue weighted by atomic mass is 10.2. The van der Waals surface area contributed by atoms with Gasteiger partial charge in [-0.1, -0.05) is 12.1 Å². The second kappa shape index (κ2) is 8.79. The van der Waals surface area contributed by atoms with E-state index < -0.39 is 12.0 Å². The van der Waals surface area contributed by atoms with Gasteiger partial charge in [0.05, 0.1) is 24.4 Å². The Labute approximate surface area is 156 Å². The average molecular weight is 372 g/mol. The molecule has 27 heavy (non-hydrogen) atoms. The maximum Gasteiger partial charge on any atom is 0.340 e. The van der Waals surface area contributed by atoms with Gasteiger partial charge in [-0.25, -0.2) is 9.59 Å². The molecule has 0 fully saturated rings. The summed E-state index contributed by atoms with van der Waals surface area (Å²) in [6.07, 6.45) is 0. The van der Waals surface area contributed by atoms with E-state index in [9.17, 15) is 9.59 Å². The van der Waals surface area contributed by atoms with Gasteiger partial charge in [0.15, 0.2) is 11.5 Å². The molecule has 142 valence electrons. The van der Waals surface area contributed by atoms with Crippen LogP contribution in [0.3, 0.4) is 0 Å². The number of rotatable bonds is 7. The molecule has 0 aromatic heterocycles. The third-order valence-electron chi connectivity index (χ3n) is 3.67. The number of ether oxygens (including phenoxy) is 4. The summed E-state index contributed by atoms with van der Waals surface area (Å²) in [5, 5.41) is 5.31. The molecule has 0 atom stereocenters. The van der Waals surface area contributed by atoms with E-state index in [-0.39, 0.29) is 26.6 Å². The first-order chi connectivity index (χ1) is 13.2. The molecular formula is C19H20N2O6. The molecule has 8 heteroatoms. The molecule has 1 aliphatic rings. The first-order valence-electron chi connectivity index (χ1n) is 8.51. The highest BCUT2D eigenvalue weighted by molar-refractivity contribution is 6.00. The summed E-state index contributed by atoms with van der Waals surface area (Å²) in [5.74, 6) is 1.45. The zero-order chi connectivity index (χ0) is 19.1. The van der Waals surface area contributed by atoms with Gasteiger partial charge >= 0.3 is 12.0 Å². The molecule has 0 bridgehead atoms. The highest BCUT2D eigenvalue weighted by Gasteiger charge is 2.15. The van der Waals surface area contributed by atoms with Crippen molar-refractivity contribution in [3.63, 3.8) is 0 Å². The van der Waals surface area contributed by atoms with E-state index in [1.807, 2.05) is 0 Å². The highest BCUT2D eigenvalue weighted by atomic mass is 16.7. The normalized spacial score (nSPS) is 11.6. The van der Waals surface area contributed by atoms with Crippen LogP contribution < -0.4 is 24.8 Å². The van der Waals surface area contributed by atoms with Crippen molar-refractivity contribution < 1.29 is 28.5 Å². The minimum absolute atomic E-state index is 0.202. The molecule has 0 spiro atoms. The fourth-order valence-electron chi connectivity index (χ4n) is 2.45. The Hall–Kier alpha value is -3.42. The van der Waals surface area contributed by atoms with Gasteiger partial charge in [-0.15, -0.1) is 0 Å². The maximum absolute atomic E-state index is 12.0. The maximum atomic E-state index is 12.0. The molecule has 1 heterocycles. The van der Waals surface area contributed by atoms with E-state index in [0.29, 0.717) is 28.5 Å². The molecule has 2 aromatic rings. The Morgan fingerprint density at radius 1 is 1.11 bits per heavy atom. The van der Waals surface area contributed by atoms with Gasteiger partial charge < -0.3 is 29.6 Å². The number of benzene rings is 2. The smallest absolute Gasteiger partial charge is 0.340 e. The van der Waals surface area contributed by atoms with E-state index in [2.05, 4.69) is 10.6 Å². The van der Waals surface area contributed by atoms with Crippen LogP contribution >= 0.6 is 0 Å². The van der Waals surface area contributed by atoms with Crippen molar-refractivity contribution in [1.29, 1.82) is 0 Å². The Morgan fingerprint density at radius 2 is 1.93 bits per heavy atom. The van der Waals surface area contributed by atoms with Crippen LogP contribution in [0.15, 0.2) is 42.5 Å². The van der Waals surface area contributed by atoms with Crippen molar-refractivity contribution in [1.82, 2.24) is 5.32 Å². The number of esters is 1. The quantitative estimate of drug-likeness (QED) is 0.573. The SMILES string of the molecule is CCOC(=O)c1ccccc1NC(=O)NCCOc1ccc2c(c1)OCO2. The van der Waals surface area contributed by atoms with Crippen LogP contribution in [0.5, 0.6) is 17.2 Å². The lowest BCUT2D eigenvalue weighted by Crippen LogP contribution is -2.32. The predicted octanol–water partition coefficient (Wildman–Crippen LogP) is 2.79. The van der Waals surface area contributed by atoms with Crippen molar-refractivity contribution >= 4 is 17.7 Å². The molecule has 0 unspecified atom stereocenters. The van der Waals surface area contributed by atoms with Crippen molar-refractivity contribution in [2.24, 2.45) is 0 Å². The third kappa shape index (κ3) is 4.81. The van der Waals surface area contributed by atoms with Gasteiger partial charge in [-0.2, -0.15) is 0 Å². The van der Waals surface area contributed by atoms with Crippen LogP contribution in [-0.2, 0) is 4.74 Å². The second-order valence-corrected chi connectivity index (χ2v) is 5.51. The number of urea groups is 1. The first kappa shape index (κ1) is 18.4. The van der Waals surface area contributed by atoms with Crippen LogP contribution in [0.1, 0.15) is 17.3 Å². The monoisotopic (exact) mass is 372 g/mol. The van der Waals surface area contributed by atoms with Gasteiger partial charge in [-0.05, 0) is 31.2 Å². The van der Waals surface area contributed by atoms with Gasteiger partial charge in [0.1, 0.15) is 12.4 Å². The van der Waals surface area contributed by atoms with Crippen LogP contribution in [0.25, 0.3) is 0 Å². The number of nitrogens with one attached hydrogen (secondary N) is 2. The lowest BCUT2D eigenvalue weighted by Gasteiger charge is -2.12. The Bertz CT molecular complexity index is 824. The minimum Gasteiger partial charge on any atom is -0.492 e. The summed E-state index contributed by atoms with van der Waals surface area (Å²) in [5.41, 5.74) is 0.677. The minimum atomic E-state index is -0.487. The van der Waals surface area contributed by atoms with Crippen molar-refractivity contribution in [2.45, 2.75) is 6.92 Å². The number of hydrogen-bond acceptors (Lipinski definition) is 6. The predicted molar refractivity (Wildman–Crippen MR) is 97.5 cm³/mol. The number of para-hydroxylation sites is 1. The van der Waals surface area contributed by atoms with Gasteiger partial charge in [0.2, 0.25) is 6.79 Å². The molecule has 0 saturated carbocycles. The van der Waals surface area contributed by atoms with Gasteiger partial charge in [-0.3, -0.25) is 0 Å². The van der Waals surface area contributed by atoms with E-state index in [1.54, 1.807) is 49.4 Å². The standard InChI is InChI=1S/C19H20N2O6/c1-2-24-18(22)14-5-3-4-6-15(14)21-19(23)20-9-10-25-13-7-8-16-17(11-13)27-12-26-16/h3-8,11H,2,9-10,12H2,1H3,(H2,20,21,23). The Morgan fingerprint density at radius 3 is 2.78 bits per heavy atom. The number of hydrogen-bond donors (Lipinski definition) is 2. The summed E-state index contributed by atoms with van der Waals surface area (Å²) < 4.78 is 21.1. The molecule has 2 amide bonds. The summed E-state index contributed by atoms with van der Waals surface area (Å²) in [6.45, 7) is 2.74. The third-order valence-corrected chi connectivity index (χ3v) is 3.67. The van der Waals surface area contributed by atoms with Crippen molar-refractivity contribution in [3.8, 4) is 17.2 Å². The number of fused-ring (bicyclic) bond motifs is 1. The number of carbonyl (C=O) groups excluding carboxylic acids is 2. The lowest BCUT2D eigenvalue weighted by molar-refractivity contribution is 0.0527. The van der Waals surface area contributed by atoms with Gasteiger partial charge in [0, 0.05) is 6.07 Å². The van der Waals surface area contributed by atoms with Gasteiger partial charge in [0.25, 0.3) is 0 Å². The number of carbonyl (C=O) groups is 2. The summed E-state index contributed by atoms with van der Waals surface area (Å²) in [6, 6.07) is 11.5. The molecule has 1 aliphatic heterocycles. The fraction of sp³-hybridized carbons (Fsp3) is 0.263. The topological polar surface area (TPSA) is 95.1 Å². The summed E-state index contributed by atoms with van der Waals surface area (Å²) in [4.78, 5) is 24.0. The summed E-state index contributed by atoms with van der Waals surface area (Å²) >= 11 is 0. The molecule has 0 radical (unpaired) electrons. The van der Waals surface area contributed by atoms with Crippen LogP contribution in [0.2, 0.25) is 0 Å². The van der Waals surface area contributed by atoms with E-state index in [1.165, 1.54) is 0 Å². The first-order valence-corrected chi connectivity index (χ1v) is 8.51. The highest BCUT2D eigenvalue weighted by Crippen LogP contribution is 2.34. The molecule has 2 N–H and O–H groups in total. The fourth-order valence-corrected chi connectivity index (χ4v) is 2.45. The summed E-state index contributed by atoms with van der Waals surface area (Å²) in [7, 11) is 0. The van der Waals surface area contributed by atoms with Crippen molar-refractivity contribution in [2.75, 3.05) is 31.9 Å². The molecular weight excluding hydrogens is 352 g/mol. The number of amides is 2. The molecule has 0 aliphatic carbocycles. The van der Waals surface area contributed by atoms with E-state index in [0.717, 1.165) is 0 Å². The van der Waals surface area contributed by atoms with E-state index >= 15 is 0 Å². The number of anilines is 1. The Kier molecular flexibility index (Phi) is 5.98. The largest absolute Gasteiger partial charge is 0.492 e. The molecule has 0 saturated heterocycles. The molecule has 3 rings (SSSR count).